The Morgan fingerprint density at radius 3 is 2.84 bits per heavy atom. The number of ether oxygens (including phenoxy) is 1. The van der Waals surface area contributed by atoms with E-state index in [0.29, 0.717) is 0 Å². The fraction of sp³-hybridized carbons (Fsp3) is 0. The second-order valence-electron chi connectivity index (χ2n) is 3.33. The van der Waals surface area contributed by atoms with E-state index in [-0.39, 0.29) is 16.7 Å². The highest BCUT2D eigenvalue weighted by molar-refractivity contribution is 6.32. The van der Waals surface area contributed by atoms with Gasteiger partial charge >= 0.3 is 5.69 Å². The molecule has 0 atom stereocenters. The third kappa shape index (κ3) is 2.52. The number of hydrogen-bond donors (Lipinski definition) is 1. The van der Waals surface area contributed by atoms with Gasteiger partial charge in [-0.05, 0) is 6.07 Å². The molecule has 1 heterocycles. The van der Waals surface area contributed by atoms with E-state index in [1.807, 2.05) is 0 Å². The van der Waals surface area contributed by atoms with Crippen LogP contribution in [0.25, 0.3) is 0 Å². The van der Waals surface area contributed by atoms with E-state index in [0.717, 1.165) is 18.5 Å². The van der Waals surface area contributed by atoms with Crippen LogP contribution in [0.2, 0.25) is 5.15 Å². The normalized spacial score (nSPS) is 10.2. The van der Waals surface area contributed by atoms with Crippen LogP contribution in [0.1, 0.15) is 0 Å². The smallest absolute Gasteiger partial charge is 0.314 e. The summed E-state index contributed by atoms with van der Waals surface area (Å²) in [6.07, 6.45) is 1.04. The van der Waals surface area contributed by atoms with Gasteiger partial charge in [0.15, 0.2) is 11.0 Å². The molecule has 98 valence electrons. The highest BCUT2D eigenvalue weighted by atomic mass is 35.5. The zero-order valence-electron chi connectivity index (χ0n) is 9.21. The summed E-state index contributed by atoms with van der Waals surface area (Å²) in [5.74, 6) is -1.76. The lowest BCUT2D eigenvalue weighted by Crippen LogP contribution is -2.01. The molecule has 0 saturated carbocycles. The van der Waals surface area contributed by atoms with Crippen LogP contribution in [0.4, 0.5) is 15.8 Å². The number of nitro benzene ring substituents is 1. The van der Waals surface area contributed by atoms with E-state index >= 15 is 0 Å². The first-order valence-electron chi connectivity index (χ1n) is 4.87. The van der Waals surface area contributed by atoms with Gasteiger partial charge in [0.25, 0.3) is 0 Å². The number of anilines is 1. The van der Waals surface area contributed by atoms with Gasteiger partial charge < -0.3 is 10.5 Å². The minimum absolute atomic E-state index is 0.0935. The molecule has 0 aliphatic heterocycles. The molecule has 0 unspecified atom stereocenters. The van der Waals surface area contributed by atoms with Crippen molar-refractivity contribution in [2.45, 2.75) is 0 Å². The number of para-hydroxylation sites is 1. The number of nitrogen functional groups attached to an aromatic ring is 1. The summed E-state index contributed by atoms with van der Waals surface area (Å²) in [5, 5.41) is 10.7. The molecule has 2 rings (SSSR count). The highest BCUT2D eigenvalue weighted by Crippen LogP contribution is 2.36. The Morgan fingerprint density at radius 2 is 2.16 bits per heavy atom. The molecule has 1 aromatic carbocycles. The molecule has 0 saturated heterocycles. The first-order valence-corrected chi connectivity index (χ1v) is 5.25. The molecule has 0 amide bonds. The van der Waals surface area contributed by atoms with Crippen LogP contribution in [0.3, 0.4) is 0 Å². The summed E-state index contributed by atoms with van der Waals surface area (Å²) in [6, 6.07) is 3.30. The number of nitro groups is 1. The van der Waals surface area contributed by atoms with E-state index in [9.17, 15) is 14.5 Å². The fourth-order valence-corrected chi connectivity index (χ4v) is 1.40. The van der Waals surface area contributed by atoms with Crippen LogP contribution in [0.5, 0.6) is 11.6 Å². The van der Waals surface area contributed by atoms with E-state index < -0.39 is 22.2 Å². The van der Waals surface area contributed by atoms with Crippen molar-refractivity contribution in [1.82, 2.24) is 9.97 Å². The zero-order valence-corrected chi connectivity index (χ0v) is 9.96. The Hall–Kier alpha value is -2.48. The van der Waals surface area contributed by atoms with Gasteiger partial charge in [-0.2, -0.15) is 4.98 Å². The average Bonchev–Trinajstić information content (AvgIpc) is 2.36. The molecule has 0 radical (unpaired) electrons. The minimum Gasteiger partial charge on any atom is -0.426 e. The van der Waals surface area contributed by atoms with Gasteiger partial charge in [0, 0.05) is 6.07 Å². The Labute approximate surface area is 111 Å². The third-order valence-corrected chi connectivity index (χ3v) is 2.44. The van der Waals surface area contributed by atoms with Gasteiger partial charge in [-0.1, -0.05) is 17.7 Å². The van der Waals surface area contributed by atoms with Crippen molar-refractivity contribution in [3.05, 3.63) is 45.6 Å². The molecule has 0 aliphatic rings. The van der Waals surface area contributed by atoms with Crippen LogP contribution < -0.4 is 10.5 Å². The van der Waals surface area contributed by atoms with Gasteiger partial charge in [0.1, 0.15) is 12.0 Å². The number of nitrogens with zero attached hydrogens (tertiary/aromatic N) is 3. The highest BCUT2D eigenvalue weighted by Gasteiger charge is 2.22. The molecule has 1 aromatic heterocycles. The molecule has 7 nitrogen and oxygen atoms in total. The third-order valence-electron chi connectivity index (χ3n) is 2.14. The first-order chi connectivity index (χ1) is 9.00. The molecule has 0 fully saturated rings. The molecule has 19 heavy (non-hydrogen) atoms. The standard InChI is InChI=1S/C10H6ClFN4O3/c11-9-7(13)10(15-4-14-9)19-8-5(12)2-1-3-6(8)16(17)18/h1-4H,13H2. The summed E-state index contributed by atoms with van der Waals surface area (Å²) in [4.78, 5) is 17.2. The van der Waals surface area contributed by atoms with Crippen LogP contribution >= 0.6 is 11.6 Å². The predicted molar refractivity (Wildman–Crippen MR) is 64.6 cm³/mol. The maximum Gasteiger partial charge on any atom is 0.314 e. The Morgan fingerprint density at radius 1 is 1.42 bits per heavy atom. The molecular formula is C10H6ClFN4O3. The zero-order chi connectivity index (χ0) is 14.0. The van der Waals surface area contributed by atoms with E-state index in [1.54, 1.807) is 0 Å². The topological polar surface area (TPSA) is 104 Å². The number of hydrogen-bond acceptors (Lipinski definition) is 6. The summed E-state index contributed by atoms with van der Waals surface area (Å²) in [5.41, 5.74) is 4.85. The Balaban J connectivity index is 2.49. The number of rotatable bonds is 3. The molecule has 9 heteroatoms. The minimum atomic E-state index is -0.914. The summed E-state index contributed by atoms with van der Waals surface area (Å²) in [7, 11) is 0. The van der Waals surface area contributed by atoms with E-state index in [1.165, 1.54) is 6.07 Å². The number of aromatic nitrogens is 2. The van der Waals surface area contributed by atoms with Crippen LogP contribution in [-0.2, 0) is 0 Å². The maximum atomic E-state index is 13.6. The molecule has 0 aliphatic carbocycles. The molecular weight excluding hydrogens is 279 g/mol. The molecule has 0 spiro atoms. The van der Waals surface area contributed by atoms with Crippen molar-refractivity contribution in [3.8, 4) is 11.6 Å². The second kappa shape index (κ2) is 5.02. The molecule has 2 N–H and O–H groups in total. The Kier molecular flexibility index (Phi) is 3.43. The largest absolute Gasteiger partial charge is 0.426 e. The van der Waals surface area contributed by atoms with Crippen LogP contribution in [0, 0.1) is 15.9 Å². The van der Waals surface area contributed by atoms with Crippen molar-refractivity contribution in [3.63, 3.8) is 0 Å². The van der Waals surface area contributed by atoms with Gasteiger partial charge in [0.05, 0.1) is 4.92 Å². The monoisotopic (exact) mass is 284 g/mol. The average molecular weight is 285 g/mol. The number of nitrogens with two attached hydrogens (primary N) is 1. The van der Waals surface area contributed by atoms with Gasteiger partial charge in [-0.25, -0.2) is 9.37 Å². The van der Waals surface area contributed by atoms with Gasteiger partial charge in [-0.15, -0.1) is 0 Å². The second-order valence-corrected chi connectivity index (χ2v) is 3.69. The van der Waals surface area contributed by atoms with Crippen molar-refractivity contribution in [2.75, 3.05) is 5.73 Å². The van der Waals surface area contributed by atoms with Crippen molar-refractivity contribution in [1.29, 1.82) is 0 Å². The van der Waals surface area contributed by atoms with Crippen LogP contribution in [-0.4, -0.2) is 14.9 Å². The quantitative estimate of drug-likeness (QED) is 0.527. The van der Waals surface area contributed by atoms with Gasteiger partial charge in [0.2, 0.25) is 11.6 Å². The lowest BCUT2D eigenvalue weighted by Gasteiger charge is -2.08. The van der Waals surface area contributed by atoms with Crippen molar-refractivity contribution < 1.29 is 14.1 Å². The summed E-state index contributed by atoms with van der Waals surface area (Å²) < 4.78 is 18.6. The summed E-state index contributed by atoms with van der Waals surface area (Å²) in [6.45, 7) is 0. The SMILES string of the molecule is Nc1c(Cl)ncnc1Oc1c(F)cccc1[N+](=O)[O-]. The number of halogens is 2. The van der Waals surface area contributed by atoms with E-state index in [2.05, 4.69) is 9.97 Å². The predicted octanol–water partition coefficient (Wildman–Crippen LogP) is 2.55. The Bertz CT molecular complexity index is 653. The van der Waals surface area contributed by atoms with E-state index in [4.69, 9.17) is 22.1 Å². The molecule has 2 aromatic rings. The lowest BCUT2D eigenvalue weighted by atomic mass is 10.3. The number of benzene rings is 1. The van der Waals surface area contributed by atoms with Crippen molar-refractivity contribution >= 4 is 23.0 Å². The molecule has 0 bridgehead atoms. The van der Waals surface area contributed by atoms with Crippen LogP contribution in [0.15, 0.2) is 24.5 Å². The lowest BCUT2D eigenvalue weighted by molar-refractivity contribution is -0.385. The van der Waals surface area contributed by atoms with Gasteiger partial charge in [-0.3, -0.25) is 10.1 Å². The fourth-order valence-electron chi connectivity index (χ4n) is 1.28. The first kappa shape index (κ1) is 13.0. The van der Waals surface area contributed by atoms with Crippen molar-refractivity contribution in [2.24, 2.45) is 0 Å². The summed E-state index contributed by atoms with van der Waals surface area (Å²) >= 11 is 5.64. The maximum absolute atomic E-state index is 13.6.